The number of allylic oxidation sites excluding steroid dienone is 3. The summed E-state index contributed by atoms with van der Waals surface area (Å²) >= 11 is 0. The van der Waals surface area contributed by atoms with Crippen LogP contribution in [-0.4, -0.2) is 6.61 Å². The highest BCUT2D eigenvalue weighted by molar-refractivity contribution is 4.96. The molecule has 0 bridgehead atoms. The highest BCUT2D eigenvalue weighted by Crippen LogP contribution is 1.88. The summed E-state index contributed by atoms with van der Waals surface area (Å²) in [4.78, 5) is 0. The van der Waals surface area contributed by atoms with Crippen molar-refractivity contribution in [2.45, 2.75) is 12.8 Å². The van der Waals surface area contributed by atoms with Gasteiger partial charge in [0.25, 0.3) is 0 Å². The lowest BCUT2D eigenvalue weighted by Gasteiger charge is -1.82. The summed E-state index contributed by atoms with van der Waals surface area (Å²) in [6.45, 7) is 3.52. The van der Waals surface area contributed by atoms with Crippen LogP contribution in [0.1, 0.15) is 12.8 Å². The summed E-state index contributed by atoms with van der Waals surface area (Å²) in [6, 6.07) is 0. The third kappa shape index (κ3) is 5.44. The molecule has 1 heteroatoms. The van der Waals surface area contributed by atoms with Gasteiger partial charge >= 0.3 is 0 Å². The summed E-state index contributed by atoms with van der Waals surface area (Å²) < 4.78 is 0. The van der Waals surface area contributed by atoms with Gasteiger partial charge in [0, 0.05) is 0 Å². The Labute approximate surface area is 50.3 Å². The Morgan fingerprint density at radius 1 is 1.50 bits per heavy atom. The molecule has 0 aromatic heterocycles. The van der Waals surface area contributed by atoms with E-state index in [4.69, 9.17) is 0 Å². The van der Waals surface area contributed by atoms with E-state index >= 15 is 0 Å². The zero-order chi connectivity index (χ0) is 6.24. The van der Waals surface area contributed by atoms with Crippen LogP contribution in [0, 0.1) is 0 Å². The third-order valence-electron chi connectivity index (χ3n) is 0.787. The molecule has 0 aromatic carbocycles. The molecule has 0 atom stereocenters. The van der Waals surface area contributed by atoms with Crippen molar-refractivity contribution in [3.05, 3.63) is 24.8 Å². The largest absolute Gasteiger partial charge is 0.237 e. The lowest BCUT2D eigenvalue weighted by molar-refractivity contribution is 0.190. The smallest absolute Gasteiger partial charge is 0.0825 e. The van der Waals surface area contributed by atoms with Crippen LogP contribution in [0.25, 0.3) is 0 Å². The minimum atomic E-state index is 0.0292. The van der Waals surface area contributed by atoms with Gasteiger partial charge < -0.3 is 0 Å². The van der Waals surface area contributed by atoms with Crippen LogP contribution in [0.2, 0.25) is 0 Å². The van der Waals surface area contributed by atoms with Gasteiger partial charge in [-0.25, -0.2) is 5.11 Å². The summed E-state index contributed by atoms with van der Waals surface area (Å²) in [6.07, 6.45) is 7.14. The Morgan fingerprint density at radius 2 is 2.25 bits per heavy atom. The van der Waals surface area contributed by atoms with E-state index in [-0.39, 0.29) is 6.61 Å². The van der Waals surface area contributed by atoms with Crippen LogP contribution in [0.4, 0.5) is 0 Å². The first-order valence-electron chi connectivity index (χ1n) is 2.77. The van der Waals surface area contributed by atoms with E-state index in [9.17, 15) is 5.11 Å². The van der Waals surface area contributed by atoms with E-state index in [1.807, 2.05) is 12.2 Å². The van der Waals surface area contributed by atoms with Crippen molar-refractivity contribution in [3.8, 4) is 0 Å². The predicted molar refractivity (Wildman–Crippen MR) is 34.1 cm³/mol. The van der Waals surface area contributed by atoms with Gasteiger partial charge in [0.05, 0.1) is 6.61 Å². The van der Waals surface area contributed by atoms with Crippen LogP contribution in [0.3, 0.4) is 0 Å². The molecule has 1 radical (unpaired) electrons. The van der Waals surface area contributed by atoms with E-state index in [1.165, 1.54) is 0 Å². The highest BCUT2D eigenvalue weighted by Gasteiger charge is 1.76. The fourth-order valence-corrected chi connectivity index (χ4v) is 0.394. The minimum absolute atomic E-state index is 0.0292. The minimum Gasteiger partial charge on any atom is -0.237 e. The maximum atomic E-state index is 9.83. The molecule has 0 aliphatic heterocycles. The molecule has 1 nitrogen and oxygen atoms in total. The standard InChI is InChI=1S/C7H11O/c1-2-3-4-5-6-7-8/h2-4H,1,5-7H2/b4-3+. The maximum Gasteiger partial charge on any atom is 0.0825 e. The van der Waals surface area contributed by atoms with Gasteiger partial charge in [0.15, 0.2) is 0 Å². The van der Waals surface area contributed by atoms with Crippen LogP contribution in [0.15, 0.2) is 24.8 Å². The summed E-state index contributed by atoms with van der Waals surface area (Å²) in [7, 11) is 0. The van der Waals surface area contributed by atoms with Crippen LogP contribution in [-0.2, 0) is 5.11 Å². The average Bonchev–Trinajstić information content (AvgIpc) is 1.81. The van der Waals surface area contributed by atoms with Crippen molar-refractivity contribution in [2.75, 3.05) is 6.61 Å². The quantitative estimate of drug-likeness (QED) is 0.390. The molecule has 8 heavy (non-hydrogen) atoms. The van der Waals surface area contributed by atoms with Gasteiger partial charge in [-0.05, 0) is 12.8 Å². The Balaban J connectivity index is 2.91. The topological polar surface area (TPSA) is 19.9 Å². The molecule has 0 amide bonds. The molecule has 0 spiro atoms. The molecule has 0 fully saturated rings. The van der Waals surface area contributed by atoms with E-state index in [0.29, 0.717) is 0 Å². The van der Waals surface area contributed by atoms with Gasteiger partial charge in [-0.3, -0.25) is 0 Å². The molecule has 0 saturated heterocycles. The maximum absolute atomic E-state index is 9.83. The van der Waals surface area contributed by atoms with E-state index in [0.717, 1.165) is 12.8 Å². The van der Waals surface area contributed by atoms with Crippen LogP contribution in [0.5, 0.6) is 0 Å². The fraction of sp³-hybridized carbons (Fsp3) is 0.429. The van der Waals surface area contributed by atoms with Gasteiger partial charge in [0.1, 0.15) is 0 Å². The molecule has 0 aliphatic rings. The van der Waals surface area contributed by atoms with Crippen molar-refractivity contribution < 1.29 is 5.11 Å². The summed E-state index contributed by atoms with van der Waals surface area (Å²) in [5, 5.41) is 9.83. The fourth-order valence-electron chi connectivity index (χ4n) is 0.394. The first-order valence-corrected chi connectivity index (χ1v) is 2.77. The molecule has 0 saturated carbocycles. The first kappa shape index (κ1) is 7.44. The van der Waals surface area contributed by atoms with Crippen LogP contribution >= 0.6 is 0 Å². The summed E-state index contributed by atoms with van der Waals surface area (Å²) in [5.74, 6) is 0. The molecule has 0 N–H and O–H groups in total. The van der Waals surface area contributed by atoms with E-state index in [2.05, 4.69) is 6.58 Å². The molecule has 0 rings (SSSR count). The predicted octanol–water partition coefficient (Wildman–Crippen LogP) is 1.94. The van der Waals surface area contributed by atoms with Crippen molar-refractivity contribution in [2.24, 2.45) is 0 Å². The first-order chi connectivity index (χ1) is 3.91. The Kier molecular flexibility index (Phi) is 5.99. The van der Waals surface area contributed by atoms with Gasteiger partial charge in [0.2, 0.25) is 0 Å². The normalized spacial score (nSPS) is 10.1. The summed E-state index contributed by atoms with van der Waals surface area (Å²) in [5.41, 5.74) is 0. The lowest BCUT2D eigenvalue weighted by Crippen LogP contribution is -1.75. The molecule has 0 aromatic rings. The second-order valence-corrected chi connectivity index (χ2v) is 1.51. The van der Waals surface area contributed by atoms with E-state index in [1.54, 1.807) is 6.08 Å². The van der Waals surface area contributed by atoms with Gasteiger partial charge in [-0.15, -0.1) is 0 Å². The molecule has 0 unspecified atom stereocenters. The molecule has 45 valence electrons. The average molecular weight is 111 g/mol. The van der Waals surface area contributed by atoms with Crippen molar-refractivity contribution in [3.63, 3.8) is 0 Å². The zero-order valence-corrected chi connectivity index (χ0v) is 4.97. The van der Waals surface area contributed by atoms with Gasteiger partial charge in [-0.1, -0.05) is 24.8 Å². The Bertz CT molecular complexity index is 74.5. The molecule has 0 aliphatic carbocycles. The SMILES string of the molecule is C=C/C=C/CCC[O]. The third-order valence-corrected chi connectivity index (χ3v) is 0.787. The second kappa shape index (κ2) is 6.44. The zero-order valence-electron chi connectivity index (χ0n) is 4.97. The van der Waals surface area contributed by atoms with Gasteiger partial charge in [-0.2, -0.15) is 0 Å². The molecular formula is C7H11O. The number of hydrogen-bond acceptors (Lipinski definition) is 0. The van der Waals surface area contributed by atoms with Crippen molar-refractivity contribution >= 4 is 0 Å². The number of hydrogen-bond donors (Lipinski definition) is 0. The second-order valence-electron chi connectivity index (χ2n) is 1.51. The molecule has 0 heterocycles. The number of rotatable bonds is 4. The lowest BCUT2D eigenvalue weighted by atomic mass is 10.3. The Morgan fingerprint density at radius 3 is 2.75 bits per heavy atom. The van der Waals surface area contributed by atoms with Crippen LogP contribution < -0.4 is 0 Å². The molecular weight excluding hydrogens is 100 g/mol. The van der Waals surface area contributed by atoms with Crippen molar-refractivity contribution in [1.82, 2.24) is 0 Å². The Hall–Kier alpha value is -0.560. The van der Waals surface area contributed by atoms with E-state index < -0.39 is 0 Å². The highest BCUT2D eigenvalue weighted by atomic mass is 16.2. The number of unbranched alkanes of at least 4 members (excludes halogenated alkanes) is 1. The monoisotopic (exact) mass is 111 g/mol. The van der Waals surface area contributed by atoms with Crippen molar-refractivity contribution in [1.29, 1.82) is 0 Å².